The Morgan fingerprint density at radius 2 is 2.06 bits per heavy atom. The maximum absolute atomic E-state index is 11.0. The summed E-state index contributed by atoms with van der Waals surface area (Å²) in [6.07, 6.45) is 1.38. The molecule has 0 spiro atoms. The van der Waals surface area contributed by atoms with Gasteiger partial charge < -0.3 is 15.2 Å². The van der Waals surface area contributed by atoms with Crippen LogP contribution in [0.1, 0.15) is 25.3 Å². The highest BCUT2D eigenvalue weighted by atomic mass is 16.5. The van der Waals surface area contributed by atoms with Crippen LogP contribution in [0.15, 0.2) is 24.3 Å². The second kappa shape index (κ2) is 7.71. The van der Waals surface area contributed by atoms with Crippen LogP contribution in [0.25, 0.3) is 0 Å². The molecule has 18 heavy (non-hydrogen) atoms. The zero-order valence-corrected chi connectivity index (χ0v) is 11.0. The fourth-order valence-corrected chi connectivity index (χ4v) is 1.56. The third-order valence-electron chi connectivity index (χ3n) is 2.64. The van der Waals surface area contributed by atoms with Gasteiger partial charge in [-0.05, 0) is 32.0 Å². The Morgan fingerprint density at radius 1 is 1.39 bits per heavy atom. The molecule has 1 aromatic carbocycles. The molecule has 1 unspecified atom stereocenters. The fraction of sp³-hybridized carbons (Fsp3) is 0.500. The van der Waals surface area contributed by atoms with E-state index in [9.17, 15) is 4.79 Å². The molecule has 1 atom stereocenters. The molecule has 0 aliphatic heterocycles. The van der Waals surface area contributed by atoms with E-state index in [-0.39, 0.29) is 0 Å². The van der Waals surface area contributed by atoms with Gasteiger partial charge in [0.1, 0.15) is 11.8 Å². The van der Waals surface area contributed by atoms with Gasteiger partial charge in [-0.1, -0.05) is 24.6 Å². The normalized spacial score (nSPS) is 12.1. The molecule has 0 aliphatic rings. The van der Waals surface area contributed by atoms with Crippen molar-refractivity contribution >= 4 is 5.97 Å². The number of ether oxygens (including phenoxy) is 1. The first kappa shape index (κ1) is 14.5. The minimum atomic E-state index is -0.823. The van der Waals surface area contributed by atoms with E-state index in [1.165, 1.54) is 5.56 Å². The van der Waals surface area contributed by atoms with Gasteiger partial charge in [-0.2, -0.15) is 0 Å². The average molecular weight is 251 g/mol. The molecule has 0 aromatic heterocycles. The molecule has 0 radical (unpaired) electrons. The van der Waals surface area contributed by atoms with Gasteiger partial charge in [0.2, 0.25) is 0 Å². The Bertz CT molecular complexity index is 362. The summed E-state index contributed by atoms with van der Waals surface area (Å²) in [7, 11) is 0. The van der Waals surface area contributed by atoms with Crippen LogP contribution >= 0.6 is 0 Å². The van der Waals surface area contributed by atoms with E-state index in [4.69, 9.17) is 9.84 Å². The summed E-state index contributed by atoms with van der Waals surface area (Å²) in [6, 6.07) is 7.20. The van der Waals surface area contributed by atoms with Gasteiger partial charge in [-0.25, -0.2) is 0 Å². The highest BCUT2D eigenvalue weighted by Crippen LogP contribution is 2.11. The van der Waals surface area contributed by atoms with Gasteiger partial charge in [0, 0.05) is 6.42 Å². The number of carboxylic acid groups (broad SMARTS) is 1. The largest absolute Gasteiger partial charge is 0.494 e. The van der Waals surface area contributed by atoms with E-state index < -0.39 is 12.0 Å². The quantitative estimate of drug-likeness (QED) is 0.743. The van der Waals surface area contributed by atoms with Crippen LogP contribution in [0.4, 0.5) is 0 Å². The molecule has 4 nitrogen and oxygen atoms in total. The molecule has 0 amide bonds. The minimum Gasteiger partial charge on any atom is -0.494 e. The average Bonchev–Trinajstić information content (AvgIpc) is 2.35. The zero-order valence-electron chi connectivity index (χ0n) is 11.0. The van der Waals surface area contributed by atoms with Crippen molar-refractivity contribution in [3.8, 4) is 5.75 Å². The molecule has 4 heteroatoms. The number of aliphatic carboxylic acids is 1. The van der Waals surface area contributed by atoms with Crippen LogP contribution in [0, 0.1) is 6.92 Å². The molecule has 0 heterocycles. The highest BCUT2D eigenvalue weighted by molar-refractivity contribution is 5.73. The molecule has 0 saturated heterocycles. The molecule has 0 saturated carbocycles. The van der Waals surface area contributed by atoms with Crippen molar-refractivity contribution in [1.29, 1.82) is 0 Å². The van der Waals surface area contributed by atoms with Gasteiger partial charge in [-0.3, -0.25) is 4.79 Å². The number of hydrogen-bond acceptors (Lipinski definition) is 3. The summed E-state index contributed by atoms with van der Waals surface area (Å²) in [5, 5.41) is 12.0. The van der Waals surface area contributed by atoms with E-state index in [0.717, 1.165) is 12.2 Å². The molecule has 0 bridgehead atoms. The van der Waals surface area contributed by atoms with Crippen LogP contribution in [-0.2, 0) is 4.79 Å². The van der Waals surface area contributed by atoms with Crippen molar-refractivity contribution in [3.63, 3.8) is 0 Å². The molecule has 0 fully saturated rings. The summed E-state index contributed by atoms with van der Waals surface area (Å²) in [6.45, 7) is 5.13. The first-order valence-electron chi connectivity index (χ1n) is 6.29. The van der Waals surface area contributed by atoms with Crippen molar-refractivity contribution in [1.82, 2.24) is 5.32 Å². The smallest absolute Gasteiger partial charge is 0.320 e. The molecule has 2 N–H and O–H groups in total. The first-order chi connectivity index (χ1) is 8.63. The van der Waals surface area contributed by atoms with Crippen molar-refractivity contribution in [3.05, 3.63) is 29.8 Å². The highest BCUT2D eigenvalue weighted by Gasteiger charge is 2.15. The predicted molar refractivity (Wildman–Crippen MR) is 71.0 cm³/mol. The number of nitrogens with one attached hydrogen (secondary N) is 1. The number of benzene rings is 1. The molecule has 1 rings (SSSR count). The van der Waals surface area contributed by atoms with Crippen LogP contribution in [0.2, 0.25) is 0 Å². The zero-order chi connectivity index (χ0) is 13.4. The summed E-state index contributed by atoms with van der Waals surface area (Å²) in [4.78, 5) is 11.0. The topological polar surface area (TPSA) is 58.6 Å². The monoisotopic (exact) mass is 251 g/mol. The van der Waals surface area contributed by atoms with Gasteiger partial charge in [0.25, 0.3) is 0 Å². The van der Waals surface area contributed by atoms with E-state index in [2.05, 4.69) is 5.32 Å². The summed E-state index contributed by atoms with van der Waals surface area (Å²) in [5.74, 6) is -0.0452. The first-order valence-corrected chi connectivity index (χ1v) is 6.29. The van der Waals surface area contributed by atoms with Gasteiger partial charge >= 0.3 is 5.97 Å². The predicted octanol–water partition coefficient (Wildman–Crippen LogP) is 2.22. The summed E-state index contributed by atoms with van der Waals surface area (Å²) in [5.41, 5.74) is 1.18. The van der Waals surface area contributed by atoms with E-state index in [1.54, 1.807) is 0 Å². The molecule has 100 valence electrons. The van der Waals surface area contributed by atoms with Gasteiger partial charge in [0.05, 0.1) is 6.61 Å². The molecule has 0 aliphatic carbocycles. The minimum absolute atomic E-state index is 0.400. The number of carbonyl (C=O) groups is 1. The van der Waals surface area contributed by atoms with Crippen LogP contribution in [0.3, 0.4) is 0 Å². The van der Waals surface area contributed by atoms with E-state index in [1.807, 2.05) is 38.1 Å². The Kier molecular flexibility index (Phi) is 6.22. The van der Waals surface area contributed by atoms with Crippen LogP contribution < -0.4 is 10.1 Å². The summed E-state index contributed by atoms with van der Waals surface area (Å²) < 4.78 is 5.52. The Balaban J connectivity index is 2.34. The fourth-order valence-electron chi connectivity index (χ4n) is 1.56. The van der Waals surface area contributed by atoms with Crippen molar-refractivity contribution in [2.24, 2.45) is 0 Å². The van der Waals surface area contributed by atoms with Crippen LogP contribution in [-0.4, -0.2) is 30.3 Å². The lowest BCUT2D eigenvalue weighted by Crippen LogP contribution is -2.38. The van der Waals surface area contributed by atoms with Crippen molar-refractivity contribution in [2.75, 3.05) is 13.2 Å². The van der Waals surface area contributed by atoms with Gasteiger partial charge in [-0.15, -0.1) is 0 Å². The second-order valence-electron chi connectivity index (χ2n) is 4.30. The Hall–Kier alpha value is -1.55. The SMILES string of the molecule is CCCNC(CCOc1ccc(C)cc1)C(=O)O. The molecule has 1 aromatic rings. The summed E-state index contributed by atoms with van der Waals surface area (Å²) >= 11 is 0. The van der Waals surface area contributed by atoms with Gasteiger partial charge in [0.15, 0.2) is 0 Å². The lowest BCUT2D eigenvalue weighted by atomic mass is 10.2. The number of hydrogen-bond donors (Lipinski definition) is 2. The standard InChI is InChI=1S/C14H21NO3/c1-3-9-15-13(14(16)17)8-10-18-12-6-4-11(2)5-7-12/h4-7,13,15H,3,8-10H2,1-2H3,(H,16,17). The third kappa shape index (κ3) is 5.19. The lowest BCUT2D eigenvalue weighted by Gasteiger charge is -2.14. The number of rotatable bonds is 8. The van der Waals surface area contributed by atoms with Crippen molar-refractivity contribution < 1.29 is 14.6 Å². The number of carboxylic acids is 1. The Morgan fingerprint density at radius 3 is 2.61 bits per heavy atom. The maximum Gasteiger partial charge on any atom is 0.320 e. The van der Waals surface area contributed by atoms with E-state index >= 15 is 0 Å². The maximum atomic E-state index is 11.0. The van der Waals surface area contributed by atoms with Crippen molar-refractivity contribution in [2.45, 2.75) is 32.7 Å². The Labute approximate surface area is 108 Å². The lowest BCUT2D eigenvalue weighted by molar-refractivity contribution is -0.139. The number of aryl methyl sites for hydroxylation is 1. The molecular formula is C14H21NO3. The van der Waals surface area contributed by atoms with Crippen LogP contribution in [0.5, 0.6) is 5.75 Å². The third-order valence-corrected chi connectivity index (χ3v) is 2.64. The second-order valence-corrected chi connectivity index (χ2v) is 4.30. The van der Waals surface area contributed by atoms with E-state index in [0.29, 0.717) is 19.6 Å². The molecular weight excluding hydrogens is 230 g/mol.